The number of aryl methyl sites for hydroxylation is 1. The van der Waals surface area contributed by atoms with Crippen LogP contribution in [0.2, 0.25) is 0 Å². The van der Waals surface area contributed by atoms with Gasteiger partial charge in [-0.2, -0.15) is 5.26 Å². The molecule has 0 amide bonds. The van der Waals surface area contributed by atoms with E-state index >= 15 is 0 Å². The lowest BCUT2D eigenvalue weighted by Gasteiger charge is -2.35. The Morgan fingerprint density at radius 3 is 2.87 bits per heavy atom. The Bertz CT molecular complexity index is 1290. The lowest BCUT2D eigenvalue weighted by molar-refractivity contribution is 0.678. The van der Waals surface area contributed by atoms with Crippen molar-refractivity contribution in [3.8, 4) is 6.07 Å². The molecular formula is C29H23N. The minimum Gasteiger partial charge on any atom is -0.192 e. The van der Waals surface area contributed by atoms with E-state index in [4.69, 9.17) is 0 Å². The van der Waals surface area contributed by atoms with Crippen LogP contribution in [0.15, 0.2) is 95.6 Å². The van der Waals surface area contributed by atoms with Crippen molar-refractivity contribution < 1.29 is 0 Å². The highest BCUT2D eigenvalue weighted by atomic mass is 14.6. The molecule has 144 valence electrons. The number of nitriles is 1. The van der Waals surface area contributed by atoms with Crippen LogP contribution in [0.1, 0.15) is 53.5 Å². The van der Waals surface area contributed by atoms with Gasteiger partial charge in [0.2, 0.25) is 0 Å². The third kappa shape index (κ3) is 2.06. The zero-order chi connectivity index (χ0) is 20.3. The van der Waals surface area contributed by atoms with E-state index in [0.29, 0.717) is 5.92 Å². The summed E-state index contributed by atoms with van der Waals surface area (Å²) in [6.07, 6.45) is 16.1. The van der Waals surface area contributed by atoms with Crippen molar-refractivity contribution in [3.05, 3.63) is 123 Å². The molecule has 1 spiro atoms. The maximum Gasteiger partial charge on any atom is 0.0988 e. The van der Waals surface area contributed by atoms with Gasteiger partial charge in [-0.05, 0) is 69.9 Å². The molecule has 1 heteroatoms. The Balaban J connectivity index is 1.77. The number of allylic oxidation sites excluding steroid dienone is 10. The average Bonchev–Trinajstić information content (AvgIpc) is 3.09. The Labute approximate surface area is 178 Å². The molecule has 2 unspecified atom stereocenters. The molecule has 4 aliphatic rings. The predicted molar refractivity (Wildman–Crippen MR) is 122 cm³/mol. The van der Waals surface area contributed by atoms with Gasteiger partial charge in [-0.1, -0.05) is 79.8 Å². The zero-order valence-electron chi connectivity index (χ0n) is 17.2. The molecule has 4 aliphatic carbocycles. The normalized spacial score (nSPS) is 25.1. The minimum absolute atomic E-state index is 0.257. The monoisotopic (exact) mass is 385 g/mol. The van der Waals surface area contributed by atoms with Gasteiger partial charge < -0.3 is 0 Å². The summed E-state index contributed by atoms with van der Waals surface area (Å²) in [6, 6.07) is 18.4. The van der Waals surface area contributed by atoms with Crippen molar-refractivity contribution in [2.24, 2.45) is 0 Å². The summed E-state index contributed by atoms with van der Waals surface area (Å²) >= 11 is 0. The summed E-state index contributed by atoms with van der Waals surface area (Å²) in [6.45, 7) is 2.23. The van der Waals surface area contributed by atoms with Crippen molar-refractivity contribution in [2.45, 2.75) is 37.5 Å². The highest BCUT2D eigenvalue weighted by molar-refractivity contribution is 5.92. The Morgan fingerprint density at radius 1 is 1.10 bits per heavy atom. The molecule has 0 aromatic heterocycles. The van der Waals surface area contributed by atoms with Crippen LogP contribution >= 0.6 is 0 Å². The molecule has 0 bridgehead atoms. The van der Waals surface area contributed by atoms with Gasteiger partial charge in [-0.15, -0.1) is 0 Å². The number of fused-ring (bicyclic) bond motifs is 9. The van der Waals surface area contributed by atoms with Gasteiger partial charge in [0.1, 0.15) is 0 Å². The van der Waals surface area contributed by atoms with Crippen molar-refractivity contribution >= 4 is 5.57 Å². The summed E-state index contributed by atoms with van der Waals surface area (Å²) in [5.74, 6) is 0.346. The zero-order valence-corrected chi connectivity index (χ0v) is 17.2. The largest absolute Gasteiger partial charge is 0.192 e. The molecule has 0 N–H and O–H groups in total. The highest BCUT2D eigenvalue weighted by Gasteiger charge is 2.55. The minimum atomic E-state index is -0.257. The lowest BCUT2D eigenvalue weighted by atomic mass is 9.66. The molecule has 2 atom stereocenters. The molecular weight excluding hydrogens is 362 g/mol. The molecule has 2 aromatic carbocycles. The second-order valence-electron chi connectivity index (χ2n) is 8.61. The van der Waals surface area contributed by atoms with E-state index in [9.17, 15) is 5.26 Å². The van der Waals surface area contributed by atoms with Crippen molar-refractivity contribution in [1.29, 1.82) is 5.26 Å². The standard InChI is InChI=1S/C29H23N/c1-2-19-12-14-23-24-15-13-20(18-30)17-28(24)29(27(23)16-19)25-10-5-3-4-8-21(25)22-9-6-7-11-26(22)29/h3-9,11-14,16-17,24H,2,10,15H2,1H3. The van der Waals surface area contributed by atoms with Gasteiger partial charge in [0.15, 0.2) is 0 Å². The fourth-order valence-electron chi connectivity index (χ4n) is 6.13. The molecule has 0 aliphatic heterocycles. The van der Waals surface area contributed by atoms with E-state index in [-0.39, 0.29) is 5.41 Å². The molecule has 0 radical (unpaired) electrons. The summed E-state index contributed by atoms with van der Waals surface area (Å²) in [7, 11) is 0. The number of nitrogens with zero attached hydrogens (tertiary/aromatic N) is 1. The van der Waals surface area contributed by atoms with Crippen LogP contribution in [0.4, 0.5) is 0 Å². The molecule has 0 heterocycles. The first-order valence-corrected chi connectivity index (χ1v) is 10.9. The Morgan fingerprint density at radius 2 is 2.00 bits per heavy atom. The molecule has 0 fully saturated rings. The van der Waals surface area contributed by atoms with E-state index < -0.39 is 0 Å². The van der Waals surface area contributed by atoms with Gasteiger partial charge in [-0.3, -0.25) is 0 Å². The van der Waals surface area contributed by atoms with Gasteiger partial charge in [0, 0.05) is 11.5 Å². The molecule has 0 saturated carbocycles. The summed E-state index contributed by atoms with van der Waals surface area (Å²) < 4.78 is 0. The van der Waals surface area contributed by atoms with Crippen LogP contribution in [0.25, 0.3) is 5.57 Å². The highest BCUT2D eigenvalue weighted by Crippen LogP contribution is 2.65. The molecule has 0 saturated heterocycles. The Kier molecular flexibility index (Phi) is 3.68. The molecule has 30 heavy (non-hydrogen) atoms. The fourth-order valence-corrected chi connectivity index (χ4v) is 6.13. The van der Waals surface area contributed by atoms with Crippen LogP contribution in [-0.4, -0.2) is 0 Å². The van der Waals surface area contributed by atoms with Crippen LogP contribution in [0, 0.1) is 11.3 Å². The van der Waals surface area contributed by atoms with E-state index in [2.05, 4.69) is 91.9 Å². The first kappa shape index (κ1) is 17.5. The number of hydrogen-bond donors (Lipinski definition) is 0. The molecule has 2 aromatic rings. The molecule has 1 nitrogen and oxygen atoms in total. The quantitative estimate of drug-likeness (QED) is 0.536. The fraction of sp³-hybridized carbons (Fsp3) is 0.207. The van der Waals surface area contributed by atoms with E-state index in [0.717, 1.165) is 24.8 Å². The smallest absolute Gasteiger partial charge is 0.0988 e. The van der Waals surface area contributed by atoms with Gasteiger partial charge in [-0.25, -0.2) is 0 Å². The first-order valence-electron chi connectivity index (χ1n) is 10.9. The van der Waals surface area contributed by atoms with E-state index in [1.807, 2.05) is 0 Å². The van der Waals surface area contributed by atoms with Gasteiger partial charge in [0.25, 0.3) is 0 Å². The Hall–Kier alpha value is -3.37. The third-order valence-electron chi connectivity index (χ3n) is 7.36. The predicted octanol–water partition coefficient (Wildman–Crippen LogP) is 6.70. The van der Waals surface area contributed by atoms with Gasteiger partial charge in [0.05, 0.1) is 11.5 Å². The van der Waals surface area contributed by atoms with Crippen molar-refractivity contribution in [2.75, 3.05) is 0 Å². The first-order chi connectivity index (χ1) is 14.8. The summed E-state index contributed by atoms with van der Waals surface area (Å²) in [5, 5.41) is 9.72. The SMILES string of the molecule is CCc1ccc2c(c1)C1(C3=CC(C#N)=CCC32)C2=C(C=CC=CC2)c2ccccc21. The number of rotatable bonds is 1. The average molecular weight is 386 g/mol. The lowest BCUT2D eigenvalue weighted by Crippen LogP contribution is -2.29. The van der Waals surface area contributed by atoms with Crippen LogP contribution in [0.5, 0.6) is 0 Å². The second-order valence-corrected chi connectivity index (χ2v) is 8.61. The second kappa shape index (κ2) is 6.31. The third-order valence-corrected chi connectivity index (χ3v) is 7.36. The maximum atomic E-state index is 9.72. The van der Waals surface area contributed by atoms with Crippen LogP contribution in [0.3, 0.4) is 0 Å². The van der Waals surface area contributed by atoms with Crippen LogP contribution in [-0.2, 0) is 11.8 Å². The number of benzene rings is 2. The topological polar surface area (TPSA) is 23.8 Å². The van der Waals surface area contributed by atoms with Gasteiger partial charge >= 0.3 is 0 Å². The van der Waals surface area contributed by atoms with Crippen molar-refractivity contribution in [3.63, 3.8) is 0 Å². The summed E-state index contributed by atoms with van der Waals surface area (Å²) in [5.41, 5.74) is 11.8. The molecule has 6 rings (SSSR count). The number of hydrogen-bond acceptors (Lipinski definition) is 1. The van der Waals surface area contributed by atoms with Crippen LogP contribution < -0.4 is 0 Å². The van der Waals surface area contributed by atoms with E-state index in [1.54, 1.807) is 0 Å². The van der Waals surface area contributed by atoms with Crippen molar-refractivity contribution in [1.82, 2.24) is 0 Å². The van der Waals surface area contributed by atoms with E-state index in [1.165, 1.54) is 44.5 Å². The maximum absolute atomic E-state index is 9.72. The summed E-state index contributed by atoms with van der Waals surface area (Å²) in [4.78, 5) is 0.